The summed E-state index contributed by atoms with van der Waals surface area (Å²) in [7, 11) is 0. The topological polar surface area (TPSA) is 12.9 Å². The summed E-state index contributed by atoms with van der Waals surface area (Å²) < 4.78 is 13.8. The van der Waals surface area contributed by atoms with Crippen molar-refractivity contribution in [3.8, 4) is 11.1 Å². The average Bonchev–Trinajstić information content (AvgIpc) is 2.35. The maximum atomic E-state index is 13.8. The molecule has 0 N–H and O–H groups in total. The van der Waals surface area contributed by atoms with Crippen molar-refractivity contribution in [2.75, 3.05) is 0 Å². The number of nitrogens with zero attached hydrogens (tertiary/aromatic N) is 1. The fraction of sp³-hybridized carbons (Fsp3) is 0.188. The van der Waals surface area contributed by atoms with Gasteiger partial charge in [0, 0.05) is 17.3 Å². The summed E-state index contributed by atoms with van der Waals surface area (Å²) in [6.07, 6.45) is 5.62. The van der Waals surface area contributed by atoms with E-state index in [9.17, 15) is 4.39 Å². The fourth-order valence-corrected chi connectivity index (χ4v) is 1.93. The van der Waals surface area contributed by atoms with Crippen LogP contribution in [0.3, 0.4) is 0 Å². The number of pyridine rings is 1. The van der Waals surface area contributed by atoms with Gasteiger partial charge in [0.1, 0.15) is 5.82 Å². The molecule has 0 bridgehead atoms. The van der Waals surface area contributed by atoms with Crippen molar-refractivity contribution in [2.45, 2.75) is 20.8 Å². The van der Waals surface area contributed by atoms with Gasteiger partial charge in [0.2, 0.25) is 0 Å². The summed E-state index contributed by atoms with van der Waals surface area (Å²) in [6.45, 7) is 5.90. The second-order valence-corrected chi connectivity index (χ2v) is 4.41. The van der Waals surface area contributed by atoms with Gasteiger partial charge in [0.05, 0.1) is 5.69 Å². The molecule has 0 saturated carbocycles. The highest BCUT2D eigenvalue weighted by atomic mass is 19.1. The maximum absolute atomic E-state index is 13.8. The molecule has 0 aliphatic heterocycles. The van der Waals surface area contributed by atoms with Crippen LogP contribution < -0.4 is 0 Å². The molecule has 0 radical (unpaired) electrons. The third-order valence-corrected chi connectivity index (χ3v) is 2.88. The summed E-state index contributed by atoms with van der Waals surface area (Å²) in [6, 6.07) is 7.09. The van der Waals surface area contributed by atoms with Crippen LogP contribution in [-0.2, 0) is 0 Å². The summed E-state index contributed by atoms with van der Waals surface area (Å²) in [5, 5.41) is 0. The zero-order valence-corrected chi connectivity index (χ0v) is 10.9. The van der Waals surface area contributed by atoms with E-state index in [0.717, 1.165) is 22.4 Å². The van der Waals surface area contributed by atoms with E-state index in [4.69, 9.17) is 0 Å². The number of halogens is 1. The van der Waals surface area contributed by atoms with Crippen LogP contribution in [0.25, 0.3) is 17.2 Å². The molecule has 2 rings (SSSR count). The van der Waals surface area contributed by atoms with Crippen LogP contribution in [0.15, 0.2) is 36.5 Å². The first-order chi connectivity index (χ1) is 8.61. The first-order valence-corrected chi connectivity index (χ1v) is 5.97. The third-order valence-electron chi connectivity index (χ3n) is 2.88. The van der Waals surface area contributed by atoms with Crippen LogP contribution in [0.4, 0.5) is 4.39 Å². The lowest BCUT2D eigenvalue weighted by Gasteiger charge is -2.07. The summed E-state index contributed by atoms with van der Waals surface area (Å²) in [4.78, 5) is 4.36. The number of aryl methyl sites for hydroxylation is 2. The Kier molecular flexibility index (Phi) is 3.56. The monoisotopic (exact) mass is 241 g/mol. The second kappa shape index (κ2) is 5.13. The van der Waals surface area contributed by atoms with Gasteiger partial charge in [-0.2, -0.15) is 0 Å². The predicted octanol–water partition coefficient (Wildman–Crippen LogP) is 4.54. The van der Waals surface area contributed by atoms with Crippen molar-refractivity contribution in [3.63, 3.8) is 0 Å². The van der Waals surface area contributed by atoms with Crippen LogP contribution in [-0.4, -0.2) is 4.98 Å². The molecule has 1 nitrogen and oxygen atoms in total. The Labute approximate surface area is 107 Å². The Morgan fingerprint density at radius 3 is 2.61 bits per heavy atom. The highest BCUT2D eigenvalue weighted by Gasteiger charge is 2.07. The van der Waals surface area contributed by atoms with E-state index in [1.54, 1.807) is 12.3 Å². The summed E-state index contributed by atoms with van der Waals surface area (Å²) in [5.41, 5.74) is 4.45. The van der Waals surface area contributed by atoms with Crippen molar-refractivity contribution in [1.29, 1.82) is 0 Å². The Morgan fingerprint density at radius 2 is 1.94 bits per heavy atom. The highest BCUT2D eigenvalue weighted by Crippen LogP contribution is 2.25. The maximum Gasteiger partial charge on any atom is 0.131 e. The third kappa shape index (κ3) is 2.48. The van der Waals surface area contributed by atoms with Crippen molar-refractivity contribution in [1.82, 2.24) is 4.98 Å². The molecule has 1 aromatic heterocycles. The minimum absolute atomic E-state index is 0.208. The number of hydrogen-bond donors (Lipinski definition) is 0. The minimum Gasteiger partial charge on any atom is -0.256 e. The Balaban J connectivity index is 2.52. The minimum atomic E-state index is -0.208. The smallest absolute Gasteiger partial charge is 0.131 e. The zero-order valence-electron chi connectivity index (χ0n) is 10.9. The Hall–Kier alpha value is -1.96. The van der Waals surface area contributed by atoms with Crippen LogP contribution in [0.5, 0.6) is 0 Å². The summed E-state index contributed by atoms with van der Waals surface area (Å²) >= 11 is 0. The zero-order chi connectivity index (χ0) is 13.1. The molecule has 0 aliphatic rings. The van der Waals surface area contributed by atoms with Gasteiger partial charge in [-0.3, -0.25) is 4.98 Å². The molecule has 0 fully saturated rings. The molecule has 0 spiro atoms. The van der Waals surface area contributed by atoms with E-state index >= 15 is 0 Å². The highest BCUT2D eigenvalue weighted by molar-refractivity contribution is 5.66. The van der Waals surface area contributed by atoms with Crippen LogP contribution in [0.1, 0.15) is 23.7 Å². The van der Waals surface area contributed by atoms with Crippen molar-refractivity contribution >= 4 is 6.08 Å². The second-order valence-electron chi connectivity index (χ2n) is 4.41. The van der Waals surface area contributed by atoms with Crippen LogP contribution >= 0.6 is 0 Å². The van der Waals surface area contributed by atoms with Crippen LogP contribution in [0, 0.1) is 19.7 Å². The molecule has 0 amide bonds. The van der Waals surface area contributed by atoms with Crippen molar-refractivity contribution in [2.24, 2.45) is 0 Å². The lowest BCUT2D eigenvalue weighted by Crippen LogP contribution is -1.91. The Morgan fingerprint density at radius 1 is 1.17 bits per heavy atom. The average molecular weight is 241 g/mol. The predicted molar refractivity (Wildman–Crippen MR) is 73.8 cm³/mol. The molecule has 1 heterocycles. The van der Waals surface area contributed by atoms with Gasteiger partial charge in [-0.1, -0.05) is 17.7 Å². The molecule has 2 aromatic rings. The molecule has 0 atom stereocenters. The summed E-state index contributed by atoms with van der Waals surface area (Å²) in [5.74, 6) is -0.208. The largest absolute Gasteiger partial charge is 0.256 e. The van der Waals surface area contributed by atoms with E-state index < -0.39 is 0 Å². The SMILES string of the molecule is C/C=C\c1ncc(-c2cc(C)ccc2F)cc1C. The van der Waals surface area contributed by atoms with E-state index in [1.165, 1.54) is 6.07 Å². The number of aromatic nitrogens is 1. The number of rotatable bonds is 2. The van der Waals surface area contributed by atoms with E-state index in [-0.39, 0.29) is 5.82 Å². The molecule has 0 unspecified atom stereocenters. The normalized spacial score (nSPS) is 11.1. The first-order valence-electron chi connectivity index (χ1n) is 5.97. The van der Waals surface area contributed by atoms with Crippen LogP contribution in [0.2, 0.25) is 0 Å². The first kappa shape index (κ1) is 12.5. The number of benzene rings is 1. The number of hydrogen-bond acceptors (Lipinski definition) is 1. The van der Waals surface area contributed by atoms with Gasteiger partial charge in [-0.05, 0) is 50.6 Å². The van der Waals surface area contributed by atoms with Crippen molar-refractivity contribution < 1.29 is 4.39 Å². The van der Waals surface area contributed by atoms with Gasteiger partial charge < -0.3 is 0 Å². The van der Waals surface area contributed by atoms with Gasteiger partial charge in [0.25, 0.3) is 0 Å². The molecule has 2 heteroatoms. The molecule has 1 aromatic carbocycles. The Bertz CT molecular complexity index is 600. The van der Waals surface area contributed by atoms with Gasteiger partial charge in [0.15, 0.2) is 0 Å². The number of allylic oxidation sites excluding steroid dienone is 1. The van der Waals surface area contributed by atoms with Gasteiger partial charge in [-0.15, -0.1) is 0 Å². The molecular weight excluding hydrogens is 225 g/mol. The lowest BCUT2D eigenvalue weighted by molar-refractivity contribution is 0.631. The van der Waals surface area contributed by atoms with E-state index in [2.05, 4.69) is 4.98 Å². The quantitative estimate of drug-likeness (QED) is 0.752. The standard InChI is InChI=1S/C16H16FN/c1-4-5-16-12(3)9-13(10-18-16)14-8-11(2)6-7-15(14)17/h4-10H,1-3H3/b5-4-. The lowest BCUT2D eigenvalue weighted by atomic mass is 10.0. The molecule has 92 valence electrons. The molecule has 0 aliphatic carbocycles. The molecular formula is C16H16FN. The van der Waals surface area contributed by atoms with Crippen molar-refractivity contribution in [3.05, 3.63) is 59.2 Å². The van der Waals surface area contributed by atoms with Gasteiger partial charge in [-0.25, -0.2) is 4.39 Å². The van der Waals surface area contributed by atoms with E-state index in [0.29, 0.717) is 5.56 Å². The van der Waals surface area contributed by atoms with E-state index in [1.807, 2.05) is 45.1 Å². The fourth-order valence-electron chi connectivity index (χ4n) is 1.93. The molecule has 0 saturated heterocycles. The van der Waals surface area contributed by atoms with Gasteiger partial charge >= 0.3 is 0 Å². The molecule has 18 heavy (non-hydrogen) atoms.